The first-order chi connectivity index (χ1) is 3.41. The van der Waals surface area contributed by atoms with Gasteiger partial charge in [0.2, 0.25) is 0 Å². The van der Waals surface area contributed by atoms with Crippen molar-refractivity contribution in [1.29, 1.82) is 0 Å². The summed E-state index contributed by atoms with van der Waals surface area (Å²) in [7, 11) is 20.1. The van der Waals surface area contributed by atoms with E-state index in [4.69, 9.17) is 35.7 Å². The van der Waals surface area contributed by atoms with Gasteiger partial charge in [-0.2, -0.15) is 17.3 Å². The molecule has 0 saturated carbocycles. The van der Waals surface area contributed by atoms with E-state index in [2.05, 4.69) is 27.6 Å². The summed E-state index contributed by atoms with van der Waals surface area (Å²) >= 11 is 5.24. The van der Waals surface area contributed by atoms with Gasteiger partial charge in [0.25, 0.3) is 0 Å². The van der Waals surface area contributed by atoms with Gasteiger partial charge in [0.15, 0.2) is 0 Å². The SMILES string of the molecule is ClOCl.S.[Cl][Sn]([Cl])([Cl])[Cl]. The minimum atomic E-state index is -3.29. The molecule has 0 amide bonds. The third-order valence-electron chi connectivity index (χ3n) is 0. The fourth-order valence-electron chi connectivity index (χ4n) is 0. The van der Waals surface area contributed by atoms with Gasteiger partial charge in [-0.25, -0.2) is 0 Å². The molecule has 0 aromatic heterocycles. The van der Waals surface area contributed by atoms with Crippen LogP contribution >= 0.6 is 72.9 Å². The topological polar surface area (TPSA) is 9.23 Å². The van der Waals surface area contributed by atoms with Crippen LogP contribution in [0.5, 0.6) is 0 Å². The predicted molar refractivity (Wildman–Crippen MR) is 52.3 cm³/mol. The van der Waals surface area contributed by atoms with Crippen molar-refractivity contribution in [1.82, 2.24) is 0 Å². The maximum atomic E-state index is 5.04. The van der Waals surface area contributed by atoms with Crippen LogP contribution in [0.1, 0.15) is 0 Å². The van der Waals surface area contributed by atoms with Gasteiger partial charge in [0.05, 0.1) is 23.7 Å². The Morgan fingerprint density at radius 2 is 0.889 bits per heavy atom. The summed E-state index contributed by atoms with van der Waals surface area (Å²) < 4.78 is 3.19. The fraction of sp³-hybridized carbons (Fsp3) is 0. The standard InChI is InChI=1S/Cl2O.4ClH.H2S.Sn/c1-3-2;;;;;;/h;4*1H;1H2;/q;;;;;;+4/p-4. The molecule has 1 nitrogen and oxygen atoms in total. The molecule has 60 valence electrons. The van der Waals surface area contributed by atoms with Crippen molar-refractivity contribution < 1.29 is 3.84 Å². The van der Waals surface area contributed by atoms with Crippen molar-refractivity contribution in [3.8, 4) is 0 Å². The van der Waals surface area contributed by atoms with Crippen LogP contribution in [-0.2, 0) is 3.84 Å². The van der Waals surface area contributed by atoms with Crippen molar-refractivity contribution in [3.05, 3.63) is 0 Å². The van der Waals surface area contributed by atoms with E-state index in [9.17, 15) is 0 Å². The van der Waals surface area contributed by atoms with Gasteiger partial charge in [-0.05, 0) is 0 Å². The Labute approximate surface area is 89.3 Å². The molecule has 9 heteroatoms. The molecule has 9 heavy (non-hydrogen) atoms. The van der Waals surface area contributed by atoms with Gasteiger partial charge in [0.1, 0.15) is 0 Å². The minimum absolute atomic E-state index is 0. The second-order valence-corrected chi connectivity index (χ2v) is 26.4. The predicted octanol–water partition coefficient (Wildman–Crippen LogP) is 3.80. The molecule has 0 aromatic carbocycles. The van der Waals surface area contributed by atoms with Crippen LogP contribution in [-0.4, -0.2) is 13.9 Å². The third-order valence-corrected chi connectivity index (χ3v) is 0. The van der Waals surface area contributed by atoms with Crippen molar-refractivity contribution >= 4 is 86.8 Å². The summed E-state index contributed by atoms with van der Waals surface area (Å²) in [4.78, 5) is 0. The first-order valence-electron chi connectivity index (χ1n) is 1.06. The summed E-state index contributed by atoms with van der Waals surface area (Å²) in [6.45, 7) is 0. The Bertz CT molecular complexity index is 36.8. The Morgan fingerprint density at radius 3 is 0.889 bits per heavy atom. The molecule has 0 fully saturated rings. The van der Waals surface area contributed by atoms with E-state index in [1.165, 1.54) is 0 Å². The quantitative estimate of drug-likeness (QED) is 0.580. The number of halogens is 6. The van der Waals surface area contributed by atoms with E-state index >= 15 is 0 Å². The number of rotatable bonds is 0. The zero-order valence-electron chi connectivity index (χ0n) is 3.68. The van der Waals surface area contributed by atoms with Gasteiger partial charge in [-0.15, -0.1) is 0 Å². The van der Waals surface area contributed by atoms with Gasteiger partial charge >= 0.3 is 49.6 Å². The Kier molecular flexibility index (Phi) is 21.5. The second-order valence-electron chi connectivity index (χ2n) is 0.487. The number of hydrogen-bond acceptors (Lipinski definition) is 1. The molecule has 0 atom stereocenters. The first-order valence-corrected chi connectivity index (χ1v) is 16.1. The molecule has 0 saturated heterocycles. The molecule has 0 heterocycles. The monoisotopic (exact) mass is 380 g/mol. The average molecular weight is 382 g/mol. The van der Waals surface area contributed by atoms with E-state index in [0.29, 0.717) is 0 Å². The maximum absolute atomic E-state index is 5.04. The van der Waals surface area contributed by atoms with E-state index in [-0.39, 0.29) is 13.5 Å². The summed E-state index contributed by atoms with van der Waals surface area (Å²) in [5, 5.41) is 0. The molecule has 0 bridgehead atoms. The summed E-state index contributed by atoms with van der Waals surface area (Å²) in [6.07, 6.45) is 0. The molecule has 0 aliphatic carbocycles. The molecular weight excluding hydrogens is 379 g/mol. The summed E-state index contributed by atoms with van der Waals surface area (Å²) in [5.41, 5.74) is 0. The zero-order valence-corrected chi connectivity index (χ0v) is 12.1. The van der Waals surface area contributed by atoms with Crippen molar-refractivity contribution in [2.24, 2.45) is 0 Å². The fourth-order valence-corrected chi connectivity index (χ4v) is 0. The molecule has 0 aliphatic heterocycles. The second kappa shape index (κ2) is 10.8. The van der Waals surface area contributed by atoms with E-state index < -0.39 is 13.9 Å². The third kappa shape index (κ3) is 105. The Hall–Kier alpha value is 2.85. The zero-order chi connectivity index (χ0) is 7.21. The van der Waals surface area contributed by atoms with Crippen LogP contribution in [0.3, 0.4) is 0 Å². The van der Waals surface area contributed by atoms with Crippen LogP contribution in [0.15, 0.2) is 0 Å². The first kappa shape index (κ1) is 17.8. The summed E-state index contributed by atoms with van der Waals surface area (Å²) in [5.74, 6) is 0. The Balaban J connectivity index is -0.0000000800. The molecule has 0 unspecified atom stereocenters. The van der Waals surface area contributed by atoms with Gasteiger partial charge in [0, 0.05) is 0 Å². The van der Waals surface area contributed by atoms with E-state index in [0.717, 1.165) is 0 Å². The van der Waals surface area contributed by atoms with Crippen LogP contribution in [0.2, 0.25) is 0 Å². The van der Waals surface area contributed by atoms with Gasteiger partial charge in [-0.1, -0.05) is 0 Å². The average Bonchev–Trinajstić information content (AvgIpc) is 1.27. The molecule has 0 aromatic rings. The summed E-state index contributed by atoms with van der Waals surface area (Å²) in [6, 6.07) is 0. The van der Waals surface area contributed by atoms with Crippen LogP contribution in [0, 0.1) is 0 Å². The van der Waals surface area contributed by atoms with Crippen LogP contribution in [0.25, 0.3) is 0 Å². The van der Waals surface area contributed by atoms with Crippen molar-refractivity contribution in [3.63, 3.8) is 0 Å². The van der Waals surface area contributed by atoms with E-state index in [1.54, 1.807) is 0 Å². The van der Waals surface area contributed by atoms with E-state index in [1.807, 2.05) is 0 Å². The number of hydrogen-bond donors (Lipinski definition) is 0. The molecule has 0 aliphatic rings. The van der Waals surface area contributed by atoms with Crippen molar-refractivity contribution in [2.75, 3.05) is 0 Å². The van der Waals surface area contributed by atoms with Crippen LogP contribution in [0.4, 0.5) is 0 Å². The molecule has 0 spiro atoms. The molecule has 0 N–H and O–H groups in total. The molecule has 0 rings (SSSR count). The van der Waals surface area contributed by atoms with Crippen molar-refractivity contribution in [2.45, 2.75) is 0 Å². The van der Waals surface area contributed by atoms with Gasteiger partial charge in [-0.3, -0.25) is 0 Å². The van der Waals surface area contributed by atoms with Crippen LogP contribution < -0.4 is 0 Å². The Morgan fingerprint density at radius 1 is 0.889 bits per heavy atom. The van der Waals surface area contributed by atoms with Gasteiger partial charge < -0.3 is 0 Å². The molecular formula is H2Cl6OSSn. The molecule has 0 radical (unpaired) electrons. The normalized spacial score (nSPS) is 8.67.